The number of rotatable bonds is 13. The van der Waals surface area contributed by atoms with Crippen molar-refractivity contribution < 1.29 is 19.1 Å². The van der Waals surface area contributed by atoms with Gasteiger partial charge in [0.25, 0.3) is 5.56 Å². The molecule has 54 heavy (non-hydrogen) atoms. The Morgan fingerprint density at radius 1 is 1.00 bits per heavy atom. The minimum absolute atomic E-state index is 0.0132. The zero-order valence-corrected chi connectivity index (χ0v) is 33.0. The van der Waals surface area contributed by atoms with E-state index in [4.69, 9.17) is 54.4 Å². The highest BCUT2D eigenvalue weighted by Gasteiger charge is 2.30. The molecular weight excluding hydrogens is 755 g/mol. The Labute approximate surface area is 327 Å². The molecule has 1 aliphatic rings. The predicted molar refractivity (Wildman–Crippen MR) is 209 cm³/mol. The van der Waals surface area contributed by atoms with Crippen LogP contribution in [0.1, 0.15) is 45.5 Å². The first-order valence-electron chi connectivity index (χ1n) is 17.3. The van der Waals surface area contributed by atoms with Crippen LogP contribution in [0.5, 0.6) is 5.88 Å². The van der Waals surface area contributed by atoms with E-state index < -0.39 is 11.5 Å². The van der Waals surface area contributed by atoms with Gasteiger partial charge >= 0.3 is 5.97 Å². The van der Waals surface area contributed by atoms with Crippen molar-refractivity contribution in [3.05, 3.63) is 91.5 Å². The van der Waals surface area contributed by atoms with Crippen LogP contribution in [0.15, 0.2) is 59.5 Å². The average molecular weight is 796 g/mol. The normalized spacial score (nSPS) is 13.6. The molecule has 1 aliphatic heterocycles. The lowest BCUT2D eigenvalue weighted by atomic mass is 9.97. The van der Waals surface area contributed by atoms with Crippen LogP contribution in [0.2, 0.25) is 15.1 Å². The minimum Gasteiger partial charge on any atom is -0.481 e. The summed E-state index contributed by atoms with van der Waals surface area (Å²) in [5.74, 6) is 0.352. The van der Waals surface area contributed by atoms with E-state index in [0.29, 0.717) is 97.5 Å². The molecule has 0 unspecified atom stereocenters. The predicted octanol–water partition coefficient (Wildman–Crippen LogP) is 6.00. The molecule has 5 aromatic rings. The molecule has 1 amide bonds. The number of hydrogen-bond acceptors (Lipinski definition) is 10. The highest BCUT2D eigenvalue weighted by molar-refractivity contribution is 6.39. The van der Waals surface area contributed by atoms with Crippen molar-refractivity contribution in [2.24, 2.45) is 7.05 Å². The SMILES string of the molecule is COc1nc(-c2cccc(-c3cccc(-c4cc5c(=O)n(C)c(CNC(C)(C)C(=O)OC(C)C)nn5c4)c3Cl)c2Cl)cc(Cl)c1CNCN1CCC(=O)N1. The number of nitrogens with zero attached hydrogens (tertiary/aromatic N) is 5. The van der Waals surface area contributed by atoms with Crippen LogP contribution in [0.25, 0.3) is 39.0 Å². The van der Waals surface area contributed by atoms with E-state index >= 15 is 0 Å². The summed E-state index contributed by atoms with van der Waals surface area (Å²) in [6, 6.07) is 14.7. The van der Waals surface area contributed by atoms with E-state index in [-0.39, 0.29) is 24.1 Å². The highest BCUT2D eigenvalue weighted by Crippen LogP contribution is 2.43. The van der Waals surface area contributed by atoms with E-state index in [1.165, 1.54) is 16.2 Å². The first kappa shape index (κ1) is 39.2. The van der Waals surface area contributed by atoms with Crippen LogP contribution in [0, 0.1) is 0 Å². The summed E-state index contributed by atoms with van der Waals surface area (Å²) < 4.78 is 14.0. The number of halogens is 3. The first-order valence-corrected chi connectivity index (χ1v) is 18.4. The van der Waals surface area contributed by atoms with Gasteiger partial charge in [0, 0.05) is 66.1 Å². The van der Waals surface area contributed by atoms with E-state index in [2.05, 4.69) is 16.1 Å². The van der Waals surface area contributed by atoms with E-state index in [0.717, 1.165) is 0 Å². The lowest BCUT2D eigenvalue weighted by Crippen LogP contribution is -2.48. The number of ether oxygens (including phenoxy) is 2. The number of carbonyl (C=O) groups excluding carboxylic acids is 2. The highest BCUT2D eigenvalue weighted by atomic mass is 35.5. The molecule has 1 fully saturated rings. The average Bonchev–Trinajstić information content (AvgIpc) is 3.75. The van der Waals surface area contributed by atoms with Gasteiger partial charge in [0.15, 0.2) is 0 Å². The van der Waals surface area contributed by atoms with Crippen molar-refractivity contribution in [1.29, 1.82) is 0 Å². The molecule has 3 N–H and O–H groups in total. The number of methoxy groups -OCH3 is 1. The summed E-state index contributed by atoms with van der Waals surface area (Å²) in [6.45, 7) is 8.57. The van der Waals surface area contributed by atoms with Crippen molar-refractivity contribution in [3.63, 3.8) is 0 Å². The summed E-state index contributed by atoms with van der Waals surface area (Å²) in [7, 11) is 3.16. The Morgan fingerprint density at radius 3 is 2.31 bits per heavy atom. The second-order valence-electron chi connectivity index (χ2n) is 13.7. The van der Waals surface area contributed by atoms with Crippen molar-refractivity contribution in [2.45, 2.75) is 58.8 Å². The van der Waals surface area contributed by atoms with Gasteiger partial charge in [-0.05, 0) is 39.8 Å². The maximum absolute atomic E-state index is 13.5. The van der Waals surface area contributed by atoms with Gasteiger partial charge in [-0.1, -0.05) is 71.2 Å². The van der Waals surface area contributed by atoms with Gasteiger partial charge in [0.2, 0.25) is 11.8 Å². The number of carbonyl (C=O) groups is 2. The molecule has 0 atom stereocenters. The van der Waals surface area contributed by atoms with E-state index in [9.17, 15) is 14.4 Å². The summed E-state index contributed by atoms with van der Waals surface area (Å²) in [5, 5.41) is 14.2. The lowest BCUT2D eigenvalue weighted by Gasteiger charge is -2.25. The number of hydrazine groups is 1. The van der Waals surface area contributed by atoms with Gasteiger partial charge in [-0.25, -0.2) is 14.5 Å². The molecule has 0 spiro atoms. The van der Waals surface area contributed by atoms with Crippen LogP contribution < -0.4 is 26.4 Å². The fourth-order valence-electron chi connectivity index (χ4n) is 6.05. The maximum Gasteiger partial charge on any atom is 0.326 e. The molecule has 6 rings (SSSR count). The molecular formula is C38H41Cl3N8O5. The number of hydrogen-bond donors (Lipinski definition) is 3. The van der Waals surface area contributed by atoms with Gasteiger partial charge in [-0.15, -0.1) is 0 Å². The molecule has 1 saturated heterocycles. The third-order valence-corrected chi connectivity index (χ3v) is 10.2. The second-order valence-corrected chi connectivity index (χ2v) is 14.9. The summed E-state index contributed by atoms with van der Waals surface area (Å²) in [6.07, 6.45) is 1.95. The van der Waals surface area contributed by atoms with Crippen molar-refractivity contribution in [2.75, 3.05) is 20.3 Å². The molecule has 16 heteroatoms. The molecule has 284 valence electrons. The summed E-state index contributed by atoms with van der Waals surface area (Å²) >= 11 is 21.0. The fraction of sp³-hybridized carbons (Fsp3) is 0.342. The van der Waals surface area contributed by atoms with Crippen LogP contribution in [0.3, 0.4) is 0 Å². The number of benzene rings is 2. The Morgan fingerprint density at radius 2 is 1.67 bits per heavy atom. The number of esters is 1. The van der Waals surface area contributed by atoms with Gasteiger partial charge in [0.05, 0.1) is 47.2 Å². The Hall–Kier alpha value is -4.50. The maximum atomic E-state index is 13.5. The fourth-order valence-corrected chi connectivity index (χ4v) is 6.97. The topological polar surface area (TPSA) is 144 Å². The molecule has 0 aliphatic carbocycles. The second kappa shape index (κ2) is 16.1. The monoisotopic (exact) mass is 794 g/mol. The zero-order valence-electron chi connectivity index (χ0n) is 30.7. The van der Waals surface area contributed by atoms with Crippen LogP contribution in [0.4, 0.5) is 0 Å². The molecule has 2 aromatic carbocycles. The van der Waals surface area contributed by atoms with Crippen molar-refractivity contribution in [1.82, 2.24) is 40.2 Å². The quantitative estimate of drug-likeness (QED) is 0.122. The van der Waals surface area contributed by atoms with Crippen LogP contribution in [-0.2, 0) is 34.5 Å². The van der Waals surface area contributed by atoms with Crippen LogP contribution >= 0.6 is 34.8 Å². The first-order chi connectivity index (χ1) is 25.7. The van der Waals surface area contributed by atoms with Gasteiger partial charge in [-0.2, -0.15) is 5.10 Å². The van der Waals surface area contributed by atoms with Crippen LogP contribution in [-0.4, -0.2) is 68.0 Å². The zero-order chi connectivity index (χ0) is 38.9. The number of nitrogens with one attached hydrogen (secondary N) is 3. The summed E-state index contributed by atoms with van der Waals surface area (Å²) in [5.41, 5.74) is 6.37. The van der Waals surface area contributed by atoms with Crippen molar-refractivity contribution in [3.8, 4) is 39.4 Å². The number of fused-ring (bicyclic) bond motifs is 1. The van der Waals surface area contributed by atoms with Gasteiger partial charge in [0.1, 0.15) is 16.9 Å². The molecule has 3 aromatic heterocycles. The van der Waals surface area contributed by atoms with E-state index in [1.54, 1.807) is 58.1 Å². The summed E-state index contributed by atoms with van der Waals surface area (Å²) in [4.78, 5) is 42.3. The Bertz CT molecular complexity index is 2310. The van der Waals surface area contributed by atoms with E-state index in [1.807, 2.05) is 36.4 Å². The smallest absolute Gasteiger partial charge is 0.326 e. The standard InChI is InChI=1S/C38H41Cl3N8O5/c1-21(2)54-37(52)38(3,4)43-18-31-45-49-19-22(15-30(49)36(51)47(31)5)23-9-7-10-24(33(23)40)25-11-8-12-26(34(25)41)29-16-28(39)27(35(44-29)53-6)17-42-20-48-14-13-32(50)46-48/h7-12,15-16,19,21,42-43H,13-14,17-18,20H2,1-6H3,(H,46,50). The van der Waals surface area contributed by atoms with Gasteiger partial charge < -0.3 is 9.47 Å². The Kier molecular flexibility index (Phi) is 11.7. The molecule has 0 saturated carbocycles. The number of amides is 1. The molecule has 0 radical (unpaired) electrons. The molecule has 0 bridgehead atoms. The third kappa shape index (κ3) is 8.12. The lowest BCUT2D eigenvalue weighted by molar-refractivity contribution is -0.154. The Balaban J connectivity index is 1.28. The largest absolute Gasteiger partial charge is 0.481 e. The van der Waals surface area contributed by atoms with Crippen molar-refractivity contribution >= 4 is 52.2 Å². The van der Waals surface area contributed by atoms with Gasteiger partial charge in [-0.3, -0.25) is 35.0 Å². The molecule has 4 heterocycles. The number of aromatic nitrogens is 4. The minimum atomic E-state index is -1.00. The molecule has 13 nitrogen and oxygen atoms in total. The number of pyridine rings is 1. The third-order valence-electron chi connectivity index (χ3n) is 9.07.